The van der Waals surface area contributed by atoms with Crippen molar-refractivity contribution in [1.29, 1.82) is 0 Å². The molecule has 1 unspecified atom stereocenters. The maximum atomic E-state index is 5.96. The van der Waals surface area contributed by atoms with Crippen molar-refractivity contribution in [3.63, 3.8) is 0 Å². The summed E-state index contributed by atoms with van der Waals surface area (Å²) in [6, 6.07) is 10.3. The average Bonchev–Trinajstić information content (AvgIpc) is 3.28. The first-order valence-electron chi connectivity index (χ1n) is 7.84. The van der Waals surface area contributed by atoms with Gasteiger partial charge in [0, 0.05) is 17.6 Å². The van der Waals surface area contributed by atoms with Gasteiger partial charge in [0.25, 0.3) is 5.89 Å². The zero-order valence-corrected chi connectivity index (χ0v) is 13.8. The summed E-state index contributed by atoms with van der Waals surface area (Å²) in [6.45, 7) is 3.94. The van der Waals surface area contributed by atoms with Gasteiger partial charge >= 0.3 is 0 Å². The molecule has 4 heterocycles. The first-order valence-corrected chi connectivity index (χ1v) is 8.65. The van der Waals surface area contributed by atoms with Crippen molar-refractivity contribution in [2.75, 3.05) is 6.54 Å². The minimum atomic E-state index is 0.194. The van der Waals surface area contributed by atoms with Crippen LogP contribution in [-0.4, -0.2) is 26.6 Å². The Morgan fingerprint density at radius 2 is 2.22 bits per heavy atom. The van der Waals surface area contributed by atoms with Crippen LogP contribution in [0.1, 0.15) is 35.3 Å². The van der Waals surface area contributed by atoms with Gasteiger partial charge in [-0.3, -0.25) is 9.88 Å². The molecule has 0 spiro atoms. The molecule has 1 fully saturated rings. The minimum absolute atomic E-state index is 0.194. The summed E-state index contributed by atoms with van der Waals surface area (Å²) in [5.74, 6) is 1.35. The summed E-state index contributed by atoms with van der Waals surface area (Å²) < 4.78 is 5.96. The lowest BCUT2D eigenvalue weighted by Crippen LogP contribution is -2.23. The van der Waals surface area contributed by atoms with Crippen LogP contribution in [0.2, 0.25) is 0 Å². The second-order valence-corrected chi connectivity index (χ2v) is 7.09. The van der Waals surface area contributed by atoms with E-state index in [-0.39, 0.29) is 6.04 Å². The molecule has 0 bridgehead atoms. The van der Waals surface area contributed by atoms with Crippen LogP contribution in [-0.2, 0) is 6.54 Å². The number of thiophene rings is 1. The number of likely N-dealkylation sites (tertiary alicyclic amines) is 1. The average molecular weight is 326 g/mol. The van der Waals surface area contributed by atoms with E-state index in [1.54, 1.807) is 11.3 Å². The number of hydrogen-bond acceptors (Lipinski definition) is 6. The standard InChI is InChI=1S/C17H18N4OS/c1-12-7-8-15(23-12)17-20-19-16(22-17)14-6-4-10-21(14)11-13-5-2-3-9-18-13/h2-3,5,7-9,14H,4,6,10-11H2,1H3. The maximum Gasteiger partial charge on any atom is 0.257 e. The molecule has 5 nitrogen and oxygen atoms in total. The quantitative estimate of drug-likeness (QED) is 0.729. The predicted octanol–water partition coefficient (Wildman–Crippen LogP) is 3.84. The Labute approximate surface area is 139 Å². The number of nitrogens with zero attached hydrogens (tertiary/aromatic N) is 4. The summed E-state index contributed by atoms with van der Waals surface area (Å²) in [7, 11) is 0. The van der Waals surface area contributed by atoms with Crippen LogP contribution in [0.25, 0.3) is 10.8 Å². The third-order valence-electron chi connectivity index (χ3n) is 4.13. The Morgan fingerprint density at radius 1 is 1.26 bits per heavy atom. The Morgan fingerprint density at radius 3 is 3.00 bits per heavy atom. The summed E-state index contributed by atoms with van der Waals surface area (Å²) in [4.78, 5) is 9.08. The molecule has 0 radical (unpaired) electrons. The molecule has 6 heteroatoms. The number of pyridine rings is 1. The summed E-state index contributed by atoms with van der Waals surface area (Å²) in [6.07, 6.45) is 4.04. The molecular formula is C17H18N4OS. The predicted molar refractivity (Wildman–Crippen MR) is 89.0 cm³/mol. The monoisotopic (exact) mass is 326 g/mol. The molecule has 1 aliphatic rings. The molecule has 0 aromatic carbocycles. The largest absolute Gasteiger partial charge is 0.418 e. The third-order valence-corrected chi connectivity index (χ3v) is 5.12. The van der Waals surface area contributed by atoms with Crippen molar-refractivity contribution in [1.82, 2.24) is 20.1 Å². The van der Waals surface area contributed by atoms with E-state index < -0.39 is 0 Å². The molecule has 1 atom stereocenters. The van der Waals surface area contributed by atoms with Gasteiger partial charge in [0.2, 0.25) is 5.89 Å². The molecule has 4 rings (SSSR count). The molecule has 1 aliphatic heterocycles. The lowest BCUT2D eigenvalue weighted by molar-refractivity contribution is 0.213. The smallest absolute Gasteiger partial charge is 0.257 e. The van der Waals surface area contributed by atoms with Crippen LogP contribution < -0.4 is 0 Å². The molecule has 0 aliphatic carbocycles. The Balaban J connectivity index is 1.54. The molecule has 0 amide bonds. The van der Waals surface area contributed by atoms with Gasteiger partial charge in [-0.2, -0.15) is 0 Å². The van der Waals surface area contributed by atoms with Gasteiger partial charge in [0.1, 0.15) is 0 Å². The van der Waals surface area contributed by atoms with E-state index in [4.69, 9.17) is 4.42 Å². The van der Waals surface area contributed by atoms with Crippen LogP contribution in [0, 0.1) is 6.92 Å². The van der Waals surface area contributed by atoms with E-state index in [0.29, 0.717) is 5.89 Å². The van der Waals surface area contributed by atoms with Gasteiger partial charge in [-0.05, 0) is 50.6 Å². The van der Waals surface area contributed by atoms with Gasteiger partial charge < -0.3 is 4.42 Å². The van der Waals surface area contributed by atoms with Crippen molar-refractivity contribution in [3.8, 4) is 10.8 Å². The van der Waals surface area contributed by atoms with E-state index in [2.05, 4.69) is 39.1 Å². The normalized spacial score (nSPS) is 18.6. The fourth-order valence-electron chi connectivity index (χ4n) is 3.01. The lowest BCUT2D eigenvalue weighted by Gasteiger charge is -2.20. The van der Waals surface area contributed by atoms with Crippen molar-refractivity contribution in [2.24, 2.45) is 0 Å². The summed E-state index contributed by atoms with van der Waals surface area (Å²) in [5.41, 5.74) is 1.08. The zero-order chi connectivity index (χ0) is 15.6. The van der Waals surface area contributed by atoms with E-state index in [1.807, 2.05) is 24.4 Å². The maximum absolute atomic E-state index is 5.96. The van der Waals surface area contributed by atoms with Crippen LogP contribution in [0.5, 0.6) is 0 Å². The van der Waals surface area contributed by atoms with Crippen molar-refractivity contribution in [3.05, 3.63) is 53.0 Å². The lowest BCUT2D eigenvalue weighted by atomic mass is 10.2. The molecular weight excluding hydrogens is 308 g/mol. The van der Waals surface area contributed by atoms with Crippen LogP contribution in [0.4, 0.5) is 0 Å². The van der Waals surface area contributed by atoms with Gasteiger partial charge in [0.05, 0.1) is 16.6 Å². The van der Waals surface area contributed by atoms with Crippen molar-refractivity contribution < 1.29 is 4.42 Å². The van der Waals surface area contributed by atoms with Gasteiger partial charge in [-0.15, -0.1) is 21.5 Å². The minimum Gasteiger partial charge on any atom is -0.418 e. The molecule has 0 N–H and O–H groups in total. The second kappa shape index (κ2) is 6.22. The van der Waals surface area contributed by atoms with Crippen LogP contribution in [0.15, 0.2) is 40.9 Å². The number of aromatic nitrogens is 3. The highest BCUT2D eigenvalue weighted by Gasteiger charge is 2.31. The number of aryl methyl sites for hydroxylation is 1. The van der Waals surface area contributed by atoms with Gasteiger partial charge in [-0.1, -0.05) is 6.07 Å². The van der Waals surface area contributed by atoms with E-state index in [9.17, 15) is 0 Å². The van der Waals surface area contributed by atoms with E-state index in [0.717, 1.165) is 42.4 Å². The Hall–Kier alpha value is -2.05. The summed E-state index contributed by atoms with van der Waals surface area (Å²) >= 11 is 1.68. The highest BCUT2D eigenvalue weighted by Crippen LogP contribution is 2.34. The van der Waals surface area contributed by atoms with E-state index in [1.165, 1.54) is 4.88 Å². The molecule has 3 aromatic rings. The number of rotatable bonds is 4. The van der Waals surface area contributed by atoms with Crippen molar-refractivity contribution >= 4 is 11.3 Å². The van der Waals surface area contributed by atoms with Crippen LogP contribution in [0.3, 0.4) is 0 Å². The fraction of sp³-hybridized carbons (Fsp3) is 0.353. The highest BCUT2D eigenvalue weighted by molar-refractivity contribution is 7.15. The first kappa shape index (κ1) is 14.5. The highest BCUT2D eigenvalue weighted by atomic mass is 32.1. The molecule has 0 saturated carbocycles. The molecule has 1 saturated heterocycles. The number of hydrogen-bond donors (Lipinski definition) is 0. The topological polar surface area (TPSA) is 55.1 Å². The fourth-order valence-corrected chi connectivity index (χ4v) is 3.80. The second-order valence-electron chi connectivity index (χ2n) is 5.81. The zero-order valence-electron chi connectivity index (χ0n) is 13.0. The van der Waals surface area contributed by atoms with E-state index >= 15 is 0 Å². The first-order chi connectivity index (χ1) is 11.3. The Kier molecular flexibility index (Phi) is 3.93. The SMILES string of the molecule is Cc1ccc(-c2nnc(C3CCCN3Cc3ccccn3)o2)s1. The molecule has 23 heavy (non-hydrogen) atoms. The summed E-state index contributed by atoms with van der Waals surface area (Å²) in [5, 5.41) is 8.54. The third kappa shape index (κ3) is 3.04. The van der Waals surface area contributed by atoms with Gasteiger partial charge in [-0.25, -0.2) is 0 Å². The molecule has 118 valence electrons. The van der Waals surface area contributed by atoms with Gasteiger partial charge in [0.15, 0.2) is 0 Å². The molecule has 3 aromatic heterocycles. The Bertz CT molecular complexity index is 783. The van der Waals surface area contributed by atoms with Crippen molar-refractivity contribution in [2.45, 2.75) is 32.4 Å². The van der Waals surface area contributed by atoms with Crippen LogP contribution >= 0.6 is 11.3 Å².